The van der Waals surface area contributed by atoms with Gasteiger partial charge in [-0.05, 0) is 11.0 Å². The molecule has 5 nitrogen and oxygen atoms in total. The standard InChI is InChI=1S/C15H25O5P/c1-13(2,3)11-9-7-8-10-12(11)15(16,14(4,5)6)20-21(17,18)19/h7-10,16H,1-6H3,(H2,17,18,19)/t15-/m1/s1. The predicted molar refractivity (Wildman–Crippen MR) is 81.6 cm³/mol. The molecule has 0 heterocycles. The van der Waals surface area contributed by atoms with Gasteiger partial charge >= 0.3 is 7.82 Å². The number of hydrogen-bond donors (Lipinski definition) is 3. The molecule has 3 N–H and O–H groups in total. The van der Waals surface area contributed by atoms with Crippen molar-refractivity contribution in [3.05, 3.63) is 35.4 Å². The summed E-state index contributed by atoms with van der Waals surface area (Å²) >= 11 is 0. The molecule has 0 radical (unpaired) electrons. The van der Waals surface area contributed by atoms with E-state index in [1.807, 2.05) is 32.9 Å². The first kappa shape index (κ1) is 18.3. The van der Waals surface area contributed by atoms with Crippen LogP contribution in [0.2, 0.25) is 0 Å². The Bertz CT molecular complexity index is 550. The van der Waals surface area contributed by atoms with Crippen molar-refractivity contribution in [1.29, 1.82) is 0 Å². The second-order valence-electron chi connectivity index (χ2n) is 7.27. The van der Waals surface area contributed by atoms with Crippen LogP contribution in [0, 0.1) is 5.41 Å². The van der Waals surface area contributed by atoms with E-state index in [2.05, 4.69) is 0 Å². The van der Waals surface area contributed by atoms with Crippen molar-refractivity contribution >= 4 is 7.82 Å². The highest BCUT2D eigenvalue weighted by molar-refractivity contribution is 7.46. The number of rotatable bonds is 3. The zero-order chi connectivity index (χ0) is 16.7. The molecule has 1 aromatic rings. The summed E-state index contributed by atoms with van der Waals surface area (Å²) in [5.74, 6) is -2.10. The van der Waals surface area contributed by atoms with Gasteiger partial charge in [0.15, 0.2) is 0 Å². The van der Waals surface area contributed by atoms with Crippen LogP contribution in [0.5, 0.6) is 0 Å². The smallest absolute Gasteiger partial charge is 0.361 e. The van der Waals surface area contributed by atoms with E-state index in [-0.39, 0.29) is 5.41 Å². The summed E-state index contributed by atoms with van der Waals surface area (Å²) in [4.78, 5) is 18.4. The maximum Gasteiger partial charge on any atom is 0.472 e. The highest BCUT2D eigenvalue weighted by Gasteiger charge is 2.49. The number of phosphoric acid groups is 1. The number of hydrogen-bond acceptors (Lipinski definition) is 3. The summed E-state index contributed by atoms with van der Waals surface area (Å²) in [6.07, 6.45) is 0. The van der Waals surface area contributed by atoms with Crippen LogP contribution in [0.1, 0.15) is 52.7 Å². The van der Waals surface area contributed by atoms with Crippen LogP contribution < -0.4 is 0 Å². The third-order valence-electron chi connectivity index (χ3n) is 3.37. The molecular weight excluding hydrogens is 291 g/mol. The normalized spacial score (nSPS) is 16.6. The number of aliphatic hydroxyl groups is 1. The summed E-state index contributed by atoms with van der Waals surface area (Å²) in [6, 6.07) is 7.01. The highest BCUT2D eigenvalue weighted by atomic mass is 31.2. The summed E-state index contributed by atoms with van der Waals surface area (Å²) < 4.78 is 16.2. The summed E-state index contributed by atoms with van der Waals surface area (Å²) in [7, 11) is -4.87. The van der Waals surface area contributed by atoms with Crippen LogP contribution in [0.25, 0.3) is 0 Å². The van der Waals surface area contributed by atoms with Gasteiger partial charge in [0.2, 0.25) is 5.79 Å². The Morgan fingerprint density at radius 2 is 1.38 bits per heavy atom. The van der Waals surface area contributed by atoms with E-state index in [0.29, 0.717) is 5.56 Å². The third kappa shape index (κ3) is 4.15. The molecule has 120 valence electrons. The first-order valence-electron chi connectivity index (χ1n) is 6.77. The molecule has 0 amide bonds. The van der Waals surface area contributed by atoms with Crippen molar-refractivity contribution < 1.29 is 24.0 Å². The van der Waals surface area contributed by atoms with Crippen molar-refractivity contribution in [2.24, 2.45) is 5.41 Å². The Kier molecular flexibility index (Phi) is 4.79. The zero-order valence-electron chi connectivity index (χ0n) is 13.4. The van der Waals surface area contributed by atoms with Crippen LogP contribution in [-0.2, 0) is 20.3 Å². The van der Waals surface area contributed by atoms with Crippen LogP contribution >= 0.6 is 7.82 Å². The average molecular weight is 316 g/mol. The van der Waals surface area contributed by atoms with E-state index in [1.165, 1.54) is 0 Å². The fourth-order valence-electron chi connectivity index (χ4n) is 2.19. The van der Waals surface area contributed by atoms with E-state index in [9.17, 15) is 19.5 Å². The molecule has 1 atom stereocenters. The number of benzene rings is 1. The molecule has 0 aliphatic heterocycles. The monoisotopic (exact) mass is 316 g/mol. The highest BCUT2D eigenvalue weighted by Crippen LogP contribution is 2.53. The van der Waals surface area contributed by atoms with Gasteiger partial charge in [-0.2, -0.15) is 0 Å². The Balaban J connectivity index is 3.60. The molecule has 6 heteroatoms. The van der Waals surface area contributed by atoms with Gasteiger partial charge < -0.3 is 14.9 Å². The Labute approximate surface area is 126 Å². The van der Waals surface area contributed by atoms with Gasteiger partial charge in [-0.3, -0.25) is 0 Å². The van der Waals surface area contributed by atoms with E-state index < -0.39 is 19.0 Å². The lowest BCUT2D eigenvalue weighted by atomic mass is 9.74. The molecule has 0 fully saturated rings. The molecule has 21 heavy (non-hydrogen) atoms. The lowest BCUT2D eigenvalue weighted by molar-refractivity contribution is -0.226. The molecule has 0 saturated heterocycles. The maximum atomic E-state index is 11.3. The van der Waals surface area contributed by atoms with Gasteiger partial charge in [0, 0.05) is 11.0 Å². The Morgan fingerprint density at radius 3 is 1.71 bits per heavy atom. The van der Waals surface area contributed by atoms with Gasteiger partial charge in [-0.15, -0.1) is 0 Å². The summed E-state index contributed by atoms with van der Waals surface area (Å²) in [5, 5.41) is 11.0. The van der Waals surface area contributed by atoms with Gasteiger partial charge in [0.25, 0.3) is 0 Å². The molecule has 1 aromatic carbocycles. The molecule has 0 unspecified atom stereocenters. The van der Waals surface area contributed by atoms with Crippen LogP contribution in [-0.4, -0.2) is 14.9 Å². The maximum absolute atomic E-state index is 11.3. The minimum Gasteiger partial charge on any atom is -0.361 e. The van der Waals surface area contributed by atoms with E-state index in [1.54, 1.807) is 32.9 Å². The lowest BCUT2D eigenvalue weighted by Crippen LogP contribution is -2.43. The van der Waals surface area contributed by atoms with Gasteiger partial charge in [0.05, 0.1) is 0 Å². The Hall–Kier alpha value is -0.710. The second kappa shape index (κ2) is 5.49. The Morgan fingerprint density at radius 1 is 0.952 bits per heavy atom. The van der Waals surface area contributed by atoms with E-state index >= 15 is 0 Å². The van der Waals surface area contributed by atoms with Crippen molar-refractivity contribution in [3.63, 3.8) is 0 Å². The minimum absolute atomic E-state index is 0.311. The van der Waals surface area contributed by atoms with Crippen molar-refractivity contribution in [2.75, 3.05) is 0 Å². The SMILES string of the molecule is CC(C)(C)c1ccccc1[C@@](O)(OP(=O)(O)O)C(C)(C)C. The molecule has 0 saturated carbocycles. The van der Waals surface area contributed by atoms with Crippen molar-refractivity contribution in [3.8, 4) is 0 Å². The van der Waals surface area contributed by atoms with Crippen molar-refractivity contribution in [2.45, 2.75) is 52.7 Å². The number of phosphoric ester groups is 1. The lowest BCUT2D eigenvalue weighted by Gasteiger charge is -2.42. The summed E-state index contributed by atoms with van der Waals surface area (Å²) in [5.41, 5.74) is -0.104. The molecule has 0 spiro atoms. The molecule has 1 rings (SSSR count). The van der Waals surface area contributed by atoms with E-state index in [0.717, 1.165) is 5.56 Å². The molecule has 0 aliphatic carbocycles. The van der Waals surface area contributed by atoms with Gasteiger partial charge in [0.1, 0.15) is 0 Å². The van der Waals surface area contributed by atoms with Crippen molar-refractivity contribution in [1.82, 2.24) is 0 Å². The van der Waals surface area contributed by atoms with Gasteiger partial charge in [-0.25, -0.2) is 9.09 Å². The zero-order valence-corrected chi connectivity index (χ0v) is 14.3. The summed E-state index contributed by atoms with van der Waals surface area (Å²) in [6.45, 7) is 10.9. The molecular formula is C15H25O5P. The van der Waals surface area contributed by atoms with Gasteiger partial charge in [-0.1, -0.05) is 65.8 Å². The largest absolute Gasteiger partial charge is 0.472 e. The first-order chi connectivity index (χ1) is 9.18. The average Bonchev–Trinajstić information content (AvgIpc) is 2.24. The van der Waals surface area contributed by atoms with Crippen LogP contribution in [0.4, 0.5) is 0 Å². The fraction of sp³-hybridized carbons (Fsp3) is 0.600. The second-order valence-corrected chi connectivity index (χ2v) is 8.44. The van der Waals surface area contributed by atoms with Crippen LogP contribution in [0.3, 0.4) is 0 Å². The third-order valence-corrected chi connectivity index (χ3v) is 3.87. The molecule has 0 aliphatic rings. The van der Waals surface area contributed by atoms with Crippen LogP contribution in [0.15, 0.2) is 24.3 Å². The molecule has 0 aromatic heterocycles. The topological polar surface area (TPSA) is 87.0 Å². The molecule has 0 bridgehead atoms. The van der Waals surface area contributed by atoms with E-state index in [4.69, 9.17) is 4.52 Å². The predicted octanol–water partition coefficient (Wildman–Crippen LogP) is 3.28. The minimum atomic E-state index is -4.87. The quantitative estimate of drug-likeness (QED) is 0.588. The first-order valence-corrected chi connectivity index (χ1v) is 8.30. The fourth-order valence-corrected chi connectivity index (χ4v) is 2.91.